The first-order valence-electron chi connectivity index (χ1n) is 6.49. The van der Waals surface area contributed by atoms with Gasteiger partial charge in [0.25, 0.3) is 5.91 Å². The van der Waals surface area contributed by atoms with E-state index in [-0.39, 0.29) is 12.5 Å². The Hall–Kier alpha value is -1.89. The SMILES string of the molecule is CCc1nc2c(Br)cc(C)cn2c1C(=O)N(C)CC(=O)O. The molecule has 0 spiro atoms. The zero-order valence-electron chi connectivity index (χ0n) is 12.1. The molecule has 0 radical (unpaired) electrons. The van der Waals surface area contributed by atoms with Gasteiger partial charge in [0.2, 0.25) is 0 Å². The van der Waals surface area contributed by atoms with Crippen molar-refractivity contribution in [3.05, 3.63) is 33.7 Å². The van der Waals surface area contributed by atoms with E-state index in [2.05, 4.69) is 20.9 Å². The Balaban J connectivity index is 2.61. The molecule has 0 bridgehead atoms. The summed E-state index contributed by atoms with van der Waals surface area (Å²) in [5.74, 6) is -1.39. The normalized spacial score (nSPS) is 10.9. The molecular weight excluding hydrogens is 338 g/mol. The topological polar surface area (TPSA) is 74.9 Å². The van der Waals surface area contributed by atoms with Crippen LogP contribution in [0.1, 0.15) is 28.7 Å². The van der Waals surface area contributed by atoms with E-state index in [0.717, 1.165) is 10.0 Å². The maximum atomic E-state index is 12.5. The monoisotopic (exact) mass is 353 g/mol. The number of nitrogens with zero attached hydrogens (tertiary/aromatic N) is 3. The van der Waals surface area contributed by atoms with Gasteiger partial charge in [0.1, 0.15) is 12.2 Å². The molecule has 0 saturated heterocycles. The molecule has 21 heavy (non-hydrogen) atoms. The molecule has 0 aliphatic heterocycles. The number of halogens is 1. The highest BCUT2D eigenvalue weighted by atomic mass is 79.9. The van der Waals surface area contributed by atoms with Gasteiger partial charge in [-0.15, -0.1) is 0 Å². The number of hydrogen-bond acceptors (Lipinski definition) is 3. The fourth-order valence-corrected chi connectivity index (χ4v) is 2.85. The van der Waals surface area contributed by atoms with Gasteiger partial charge >= 0.3 is 5.97 Å². The Labute approximate surface area is 130 Å². The minimum Gasteiger partial charge on any atom is -0.480 e. The molecule has 6 nitrogen and oxygen atoms in total. The van der Waals surface area contributed by atoms with Crippen LogP contribution in [0.25, 0.3) is 5.65 Å². The van der Waals surface area contributed by atoms with Crippen molar-refractivity contribution in [3.8, 4) is 0 Å². The van der Waals surface area contributed by atoms with Crippen LogP contribution in [0.4, 0.5) is 0 Å². The third-order valence-electron chi connectivity index (χ3n) is 3.14. The number of hydrogen-bond donors (Lipinski definition) is 1. The molecule has 1 amide bonds. The van der Waals surface area contributed by atoms with E-state index in [0.29, 0.717) is 23.5 Å². The Morgan fingerprint density at radius 3 is 2.71 bits per heavy atom. The van der Waals surface area contributed by atoms with Crippen molar-refractivity contribution in [2.24, 2.45) is 0 Å². The van der Waals surface area contributed by atoms with Crippen molar-refractivity contribution in [1.29, 1.82) is 0 Å². The standard InChI is InChI=1S/C14H16BrN3O3/c1-4-10-12(14(21)17(3)7-11(19)20)18-6-8(2)5-9(15)13(18)16-10/h5-6H,4,7H2,1-3H3,(H,19,20). The zero-order chi connectivity index (χ0) is 15.7. The Kier molecular flexibility index (Phi) is 4.32. The minimum atomic E-state index is -1.05. The van der Waals surface area contributed by atoms with Gasteiger partial charge in [-0.05, 0) is 40.9 Å². The molecule has 112 valence electrons. The number of fused-ring (bicyclic) bond motifs is 1. The number of aromatic nitrogens is 2. The van der Waals surface area contributed by atoms with Gasteiger partial charge < -0.3 is 10.0 Å². The molecule has 0 aromatic carbocycles. The van der Waals surface area contributed by atoms with Crippen LogP contribution >= 0.6 is 15.9 Å². The average Bonchev–Trinajstić information content (AvgIpc) is 2.75. The van der Waals surface area contributed by atoms with E-state index in [9.17, 15) is 9.59 Å². The first-order chi connectivity index (χ1) is 9.85. The summed E-state index contributed by atoms with van der Waals surface area (Å²) >= 11 is 3.45. The van der Waals surface area contributed by atoms with Gasteiger partial charge in [0.05, 0.1) is 10.2 Å². The molecule has 0 atom stereocenters. The lowest BCUT2D eigenvalue weighted by Gasteiger charge is -2.15. The molecule has 0 aliphatic rings. The van der Waals surface area contributed by atoms with Gasteiger partial charge in [-0.3, -0.25) is 14.0 Å². The van der Waals surface area contributed by atoms with E-state index >= 15 is 0 Å². The Morgan fingerprint density at radius 1 is 1.48 bits per heavy atom. The number of rotatable bonds is 4. The summed E-state index contributed by atoms with van der Waals surface area (Å²) in [5, 5.41) is 8.83. The predicted molar refractivity (Wildman–Crippen MR) is 81.6 cm³/mol. The highest BCUT2D eigenvalue weighted by Gasteiger charge is 2.23. The smallest absolute Gasteiger partial charge is 0.323 e. The summed E-state index contributed by atoms with van der Waals surface area (Å²) in [5.41, 5.74) is 2.71. The number of likely N-dealkylation sites (N-methyl/N-ethyl adjacent to an activating group) is 1. The van der Waals surface area contributed by atoms with Gasteiger partial charge in [-0.2, -0.15) is 0 Å². The minimum absolute atomic E-state index is 0.345. The molecule has 0 fully saturated rings. The Bertz CT molecular complexity index is 724. The van der Waals surface area contributed by atoms with Crippen LogP contribution in [0, 0.1) is 6.92 Å². The van der Waals surface area contributed by atoms with E-state index in [1.165, 1.54) is 11.9 Å². The number of carboxylic acids is 1. The number of amides is 1. The second-order valence-corrected chi connectivity index (χ2v) is 5.73. The highest BCUT2D eigenvalue weighted by molar-refractivity contribution is 9.10. The Morgan fingerprint density at radius 2 is 2.14 bits per heavy atom. The van der Waals surface area contributed by atoms with Crippen LogP contribution in [0.15, 0.2) is 16.7 Å². The molecule has 2 aromatic rings. The highest BCUT2D eigenvalue weighted by Crippen LogP contribution is 2.23. The second-order valence-electron chi connectivity index (χ2n) is 4.87. The number of pyridine rings is 1. The van der Waals surface area contributed by atoms with Gasteiger partial charge in [0, 0.05) is 13.2 Å². The summed E-state index contributed by atoms with van der Waals surface area (Å²) in [6, 6.07) is 1.93. The van der Waals surface area contributed by atoms with Gasteiger partial charge in [-0.25, -0.2) is 4.98 Å². The maximum absolute atomic E-state index is 12.5. The lowest BCUT2D eigenvalue weighted by molar-refractivity contribution is -0.137. The molecular formula is C14H16BrN3O3. The quantitative estimate of drug-likeness (QED) is 0.913. The first kappa shape index (κ1) is 15.5. The lowest BCUT2D eigenvalue weighted by atomic mass is 10.2. The summed E-state index contributed by atoms with van der Waals surface area (Å²) in [6.45, 7) is 3.49. The molecule has 7 heteroatoms. The molecule has 1 N–H and O–H groups in total. The molecule has 0 aliphatic carbocycles. The lowest BCUT2D eigenvalue weighted by Crippen LogP contribution is -2.33. The van der Waals surface area contributed by atoms with Gasteiger partial charge in [-0.1, -0.05) is 6.92 Å². The van der Waals surface area contributed by atoms with Crippen molar-refractivity contribution < 1.29 is 14.7 Å². The number of carbonyl (C=O) groups is 2. The van der Waals surface area contributed by atoms with Crippen molar-refractivity contribution in [1.82, 2.24) is 14.3 Å². The number of carboxylic acid groups (broad SMARTS) is 1. The summed E-state index contributed by atoms with van der Waals surface area (Å²) in [7, 11) is 1.47. The van der Waals surface area contributed by atoms with Crippen molar-refractivity contribution in [3.63, 3.8) is 0 Å². The summed E-state index contributed by atoms with van der Waals surface area (Å²) < 4.78 is 2.52. The molecule has 0 saturated carbocycles. The fraction of sp³-hybridized carbons (Fsp3) is 0.357. The van der Waals surface area contributed by atoms with Crippen LogP contribution in [-0.2, 0) is 11.2 Å². The van der Waals surface area contributed by atoms with Crippen LogP contribution in [-0.4, -0.2) is 44.9 Å². The van der Waals surface area contributed by atoms with Crippen molar-refractivity contribution >= 4 is 33.5 Å². The third-order valence-corrected chi connectivity index (χ3v) is 3.72. The van der Waals surface area contributed by atoms with E-state index in [4.69, 9.17) is 5.11 Å². The van der Waals surface area contributed by atoms with Crippen LogP contribution in [0.5, 0.6) is 0 Å². The second kappa shape index (κ2) is 5.85. The van der Waals surface area contributed by atoms with Crippen LogP contribution < -0.4 is 0 Å². The van der Waals surface area contributed by atoms with E-state index in [1.54, 1.807) is 4.40 Å². The number of aryl methyl sites for hydroxylation is 2. The van der Waals surface area contributed by atoms with E-state index < -0.39 is 5.97 Å². The maximum Gasteiger partial charge on any atom is 0.323 e. The number of carbonyl (C=O) groups excluding carboxylic acids is 1. The third kappa shape index (κ3) is 2.92. The van der Waals surface area contributed by atoms with Gasteiger partial charge in [0.15, 0.2) is 5.65 Å². The number of aliphatic carboxylic acids is 1. The molecule has 2 aromatic heterocycles. The van der Waals surface area contributed by atoms with Crippen molar-refractivity contribution in [2.75, 3.05) is 13.6 Å². The molecule has 0 unspecified atom stereocenters. The molecule has 2 heterocycles. The zero-order valence-corrected chi connectivity index (χ0v) is 13.6. The van der Waals surface area contributed by atoms with Crippen LogP contribution in [0.3, 0.4) is 0 Å². The van der Waals surface area contributed by atoms with Crippen LogP contribution in [0.2, 0.25) is 0 Å². The molecule has 2 rings (SSSR count). The average molecular weight is 354 g/mol. The first-order valence-corrected chi connectivity index (χ1v) is 7.28. The largest absolute Gasteiger partial charge is 0.480 e. The summed E-state index contributed by atoms with van der Waals surface area (Å²) in [6.07, 6.45) is 2.42. The predicted octanol–water partition coefficient (Wildman–Crippen LogP) is 2.12. The van der Waals surface area contributed by atoms with E-state index in [1.807, 2.05) is 26.1 Å². The fourth-order valence-electron chi connectivity index (χ4n) is 2.21. The number of imidazole rings is 1. The summed E-state index contributed by atoms with van der Waals surface area (Å²) in [4.78, 5) is 29.0. The van der Waals surface area contributed by atoms with Crippen molar-refractivity contribution in [2.45, 2.75) is 20.3 Å².